The fourth-order valence-corrected chi connectivity index (χ4v) is 3.96. The van der Waals surface area contributed by atoms with E-state index >= 15 is 0 Å². The summed E-state index contributed by atoms with van der Waals surface area (Å²) in [6.07, 6.45) is 5.21. The second kappa shape index (κ2) is 6.10. The van der Waals surface area contributed by atoms with Crippen LogP contribution in [0.5, 0.6) is 0 Å². The number of rotatable bonds is 5. The molecule has 0 spiro atoms. The summed E-state index contributed by atoms with van der Waals surface area (Å²) >= 11 is 0. The minimum Gasteiger partial charge on any atom is -0.357 e. The van der Waals surface area contributed by atoms with Crippen molar-refractivity contribution >= 4 is 17.8 Å². The quantitative estimate of drug-likeness (QED) is 0.333. The Balaban J connectivity index is 1.61. The third-order valence-electron chi connectivity index (χ3n) is 4.84. The molecule has 0 aromatic rings. The summed E-state index contributed by atoms with van der Waals surface area (Å²) < 4.78 is 0. The fraction of sp³-hybridized carbons (Fsp3) is 0.688. The van der Waals surface area contributed by atoms with Gasteiger partial charge in [-0.05, 0) is 32.1 Å². The van der Waals surface area contributed by atoms with E-state index in [1.54, 1.807) is 0 Å². The number of guanidine groups is 1. The average Bonchev–Trinajstić information content (AvgIpc) is 3.16. The number of hydrogen-bond acceptors (Lipinski definition) is 3. The van der Waals surface area contributed by atoms with E-state index < -0.39 is 0 Å². The third kappa shape index (κ3) is 2.40. The van der Waals surface area contributed by atoms with Crippen molar-refractivity contribution < 1.29 is 9.59 Å². The van der Waals surface area contributed by atoms with Gasteiger partial charge in [0, 0.05) is 19.6 Å². The van der Waals surface area contributed by atoms with Gasteiger partial charge in [0.15, 0.2) is 5.96 Å². The van der Waals surface area contributed by atoms with Crippen LogP contribution in [0.2, 0.25) is 0 Å². The molecule has 2 fully saturated rings. The zero-order valence-corrected chi connectivity index (χ0v) is 13.2. The van der Waals surface area contributed by atoms with Crippen molar-refractivity contribution in [2.24, 2.45) is 28.7 Å². The van der Waals surface area contributed by atoms with Crippen molar-refractivity contribution in [3.63, 3.8) is 0 Å². The van der Waals surface area contributed by atoms with Crippen molar-refractivity contribution in [3.05, 3.63) is 12.2 Å². The monoisotopic (exact) mass is 304 g/mol. The molecule has 6 nitrogen and oxygen atoms in total. The van der Waals surface area contributed by atoms with Gasteiger partial charge in [0.05, 0.1) is 18.4 Å². The molecule has 2 N–H and O–H groups in total. The number of likely N-dealkylation sites (tertiary alicyclic amines) is 1. The lowest BCUT2D eigenvalue weighted by molar-refractivity contribution is -0.140. The van der Waals surface area contributed by atoms with Gasteiger partial charge in [-0.15, -0.1) is 0 Å². The number of imide groups is 1. The van der Waals surface area contributed by atoms with Crippen LogP contribution in [0.15, 0.2) is 17.1 Å². The molecule has 4 atom stereocenters. The van der Waals surface area contributed by atoms with E-state index in [2.05, 4.69) is 27.8 Å². The highest BCUT2D eigenvalue weighted by atomic mass is 16.2. The molecule has 0 aromatic carbocycles. The van der Waals surface area contributed by atoms with Crippen LogP contribution in [0.3, 0.4) is 0 Å². The molecule has 120 valence electrons. The number of hydrogen-bond donors (Lipinski definition) is 2. The highest BCUT2D eigenvalue weighted by Gasteiger charge is 2.58. The molecule has 2 amide bonds. The van der Waals surface area contributed by atoms with Gasteiger partial charge in [-0.3, -0.25) is 19.5 Å². The first kappa shape index (κ1) is 15.1. The van der Waals surface area contributed by atoms with Gasteiger partial charge >= 0.3 is 0 Å². The molecule has 1 saturated heterocycles. The van der Waals surface area contributed by atoms with Crippen molar-refractivity contribution in [2.75, 3.05) is 26.2 Å². The molecule has 6 heteroatoms. The smallest absolute Gasteiger partial charge is 0.233 e. The molecule has 1 saturated carbocycles. The number of nitrogens with one attached hydrogen (secondary N) is 2. The third-order valence-corrected chi connectivity index (χ3v) is 4.84. The van der Waals surface area contributed by atoms with Gasteiger partial charge in [0.25, 0.3) is 0 Å². The van der Waals surface area contributed by atoms with Crippen molar-refractivity contribution in [3.8, 4) is 0 Å². The topological polar surface area (TPSA) is 73.8 Å². The lowest BCUT2D eigenvalue weighted by Crippen LogP contribution is -2.39. The summed E-state index contributed by atoms with van der Waals surface area (Å²) in [5.41, 5.74) is 0. The van der Waals surface area contributed by atoms with Crippen molar-refractivity contribution in [2.45, 2.75) is 20.3 Å². The van der Waals surface area contributed by atoms with E-state index in [0.717, 1.165) is 25.5 Å². The first-order valence-electron chi connectivity index (χ1n) is 8.23. The van der Waals surface area contributed by atoms with Gasteiger partial charge in [-0.1, -0.05) is 12.2 Å². The summed E-state index contributed by atoms with van der Waals surface area (Å²) in [6, 6.07) is 0. The van der Waals surface area contributed by atoms with Crippen LogP contribution in [0.25, 0.3) is 0 Å². The molecular formula is C16H24N4O2. The Bertz CT molecular complexity index is 490. The Hall–Kier alpha value is -1.85. The van der Waals surface area contributed by atoms with Gasteiger partial charge in [-0.2, -0.15) is 0 Å². The van der Waals surface area contributed by atoms with E-state index in [0.29, 0.717) is 13.1 Å². The first-order valence-corrected chi connectivity index (χ1v) is 8.23. The van der Waals surface area contributed by atoms with Gasteiger partial charge in [0.2, 0.25) is 11.8 Å². The van der Waals surface area contributed by atoms with Gasteiger partial charge in [0.1, 0.15) is 0 Å². The molecule has 1 aliphatic heterocycles. The fourth-order valence-electron chi connectivity index (χ4n) is 3.96. The molecule has 4 unspecified atom stereocenters. The van der Waals surface area contributed by atoms with Gasteiger partial charge < -0.3 is 10.6 Å². The first-order chi connectivity index (χ1) is 10.7. The number of carbonyl (C=O) groups excluding carboxylic acids is 2. The molecule has 1 heterocycles. The Kier molecular flexibility index (Phi) is 4.18. The second-order valence-corrected chi connectivity index (χ2v) is 6.12. The molecule has 3 aliphatic rings. The minimum atomic E-state index is -0.103. The maximum absolute atomic E-state index is 12.5. The predicted octanol–water partition coefficient (Wildman–Crippen LogP) is 0.369. The van der Waals surface area contributed by atoms with Crippen LogP contribution < -0.4 is 10.6 Å². The van der Waals surface area contributed by atoms with Crippen LogP contribution in [-0.2, 0) is 9.59 Å². The summed E-state index contributed by atoms with van der Waals surface area (Å²) in [4.78, 5) is 30.9. The summed E-state index contributed by atoms with van der Waals surface area (Å²) in [6.45, 7) is 6.40. The molecule has 3 rings (SSSR count). The van der Waals surface area contributed by atoms with E-state index in [4.69, 9.17) is 0 Å². The van der Waals surface area contributed by atoms with E-state index in [1.165, 1.54) is 4.90 Å². The lowest BCUT2D eigenvalue weighted by Gasteiger charge is -2.16. The van der Waals surface area contributed by atoms with Crippen molar-refractivity contribution in [1.82, 2.24) is 15.5 Å². The molecule has 22 heavy (non-hydrogen) atoms. The van der Waals surface area contributed by atoms with Crippen LogP contribution in [0.1, 0.15) is 20.3 Å². The average molecular weight is 304 g/mol. The number of aliphatic imine (C=N–C) groups is 1. The number of amides is 2. The zero-order valence-electron chi connectivity index (χ0n) is 13.2. The Morgan fingerprint density at radius 2 is 1.68 bits per heavy atom. The van der Waals surface area contributed by atoms with E-state index in [9.17, 15) is 9.59 Å². The molecule has 0 radical (unpaired) electrons. The lowest BCUT2D eigenvalue weighted by atomic mass is 9.85. The van der Waals surface area contributed by atoms with Crippen molar-refractivity contribution in [1.29, 1.82) is 0 Å². The normalized spacial score (nSPS) is 31.6. The Morgan fingerprint density at radius 1 is 1.14 bits per heavy atom. The summed E-state index contributed by atoms with van der Waals surface area (Å²) in [5, 5.41) is 6.27. The minimum absolute atomic E-state index is 0.00972. The van der Waals surface area contributed by atoms with Crippen LogP contribution in [0, 0.1) is 23.7 Å². The highest BCUT2D eigenvalue weighted by Crippen LogP contribution is 2.52. The molecule has 0 aromatic heterocycles. The largest absolute Gasteiger partial charge is 0.357 e. The van der Waals surface area contributed by atoms with Crippen LogP contribution in [-0.4, -0.2) is 48.9 Å². The summed E-state index contributed by atoms with van der Waals surface area (Å²) in [5.74, 6) is 1.09. The van der Waals surface area contributed by atoms with E-state index in [-0.39, 0.29) is 35.5 Å². The number of allylic oxidation sites excluding steroid dienone is 2. The Labute approximate surface area is 131 Å². The Morgan fingerprint density at radius 3 is 2.18 bits per heavy atom. The predicted molar refractivity (Wildman–Crippen MR) is 84.1 cm³/mol. The molecule has 2 aliphatic carbocycles. The number of nitrogens with zero attached hydrogens (tertiary/aromatic N) is 2. The van der Waals surface area contributed by atoms with Gasteiger partial charge in [-0.25, -0.2) is 0 Å². The SMILES string of the molecule is CCNC(=NCCN1C(=O)C2C3C=CC(C3)C2C1=O)NCC. The standard InChI is InChI=1S/C16H24N4O2/c1-3-17-16(18-4-2)19-7-8-20-14(21)12-10-5-6-11(9-10)13(12)15(20)22/h5-6,10-13H,3-4,7-9H2,1-2H3,(H2,17,18,19). The second-order valence-electron chi connectivity index (χ2n) is 6.12. The molecule has 2 bridgehead atoms. The molecular weight excluding hydrogens is 280 g/mol. The maximum Gasteiger partial charge on any atom is 0.233 e. The number of carbonyl (C=O) groups is 2. The number of fused-ring (bicyclic) bond motifs is 5. The van der Waals surface area contributed by atoms with E-state index in [1.807, 2.05) is 13.8 Å². The maximum atomic E-state index is 12.5. The summed E-state index contributed by atoms with van der Waals surface area (Å²) in [7, 11) is 0. The highest BCUT2D eigenvalue weighted by molar-refractivity contribution is 6.06. The zero-order chi connectivity index (χ0) is 15.7. The van der Waals surface area contributed by atoms with Crippen LogP contribution in [0.4, 0.5) is 0 Å². The van der Waals surface area contributed by atoms with Crippen LogP contribution >= 0.6 is 0 Å².